The third kappa shape index (κ3) is 4.81. The number of rotatable bonds is 4. The van der Waals surface area contributed by atoms with E-state index in [0.717, 1.165) is 6.42 Å². The molecule has 0 aliphatic rings. The maximum Gasteiger partial charge on any atom is 0.318 e. The summed E-state index contributed by atoms with van der Waals surface area (Å²) in [6, 6.07) is 0. The minimum absolute atomic E-state index is 0.140. The molecular weight excluding hydrogens is 194 g/mol. The van der Waals surface area contributed by atoms with Gasteiger partial charge in [-0.3, -0.25) is 9.59 Å². The molecule has 15 heavy (non-hydrogen) atoms. The highest BCUT2D eigenvalue weighted by Gasteiger charge is 2.35. The number of amides is 1. The summed E-state index contributed by atoms with van der Waals surface area (Å²) in [5.74, 6) is -1.53. The number of hydrogen-bond acceptors (Lipinski definition) is 2. The van der Waals surface area contributed by atoms with Crippen molar-refractivity contribution in [3.63, 3.8) is 0 Å². The Morgan fingerprint density at radius 1 is 1.13 bits per heavy atom. The van der Waals surface area contributed by atoms with Crippen LogP contribution < -0.4 is 5.32 Å². The second-order valence-electron chi connectivity index (χ2n) is 5.50. The second-order valence-corrected chi connectivity index (χ2v) is 5.50. The minimum atomic E-state index is -1.35. The van der Waals surface area contributed by atoms with E-state index in [1.807, 2.05) is 0 Å². The van der Waals surface area contributed by atoms with E-state index in [1.54, 1.807) is 0 Å². The lowest BCUT2D eigenvalue weighted by Gasteiger charge is -2.21. The lowest BCUT2D eigenvalue weighted by atomic mass is 9.90. The Morgan fingerprint density at radius 2 is 1.60 bits per heavy atom. The summed E-state index contributed by atoms with van der Waals surface area (Å²) in [4.78, 5) is 22.3. The van der Waals surface area contributed by atoms with Crippen molar-refractivity contribution in [3.05, 3.63) is 0 Å². The topological polar surface area (TPSA) is 66.4 Å². The highest BCUT2D eigenvalue weighted by Crippen LogP contribution is 2.18. The monoisotopic (exact) mass is 215 g/mol. The van der Waals surface area contributed by atoms with E-state index in [9.17, 15) is 9.59 Å². The smallest absolute Gasteiger partial charge is 0.318 e. The van der Waals surface area contributed by atoms with Crippen molar-refractivity contribution >= 4 is 11.9 Å². The van der Waals surface area contributed by atoms with Gasteiger partial charge in [-0.05, 0) is 25.7 Å². The van der Waals surface area contributed by atoms with E-state index < -0.39 is 17.3 Å². The van der Waals surface area contributed by atoms with Crippen LogP contribution in [-0.2, 0) is 9.59 Å². The van der Waals surface area contributed by atoms with Crippen LogP contribution in [0.5, 0.6) is 0 Å². The lowest BCUT2D eigenvalue weighted by molar-refractivity contribution is -0.153. The van der Waals surface area contributed by atoms with Crippen molar-refractivity contribution in [2.75, 3.05) is 6.54 Å². The van der Waals surface area contributed by atoms with E-state index in [1.165, 1.54) is 13.8 Å². The molecule has 1 amide bonds. The van der Waals surface area contributed by atoms with Gasteiger partial charge in [0.05, 0.1) is 0 Å². The zero-order valence-corrected chi connectivity index (χ0v) is 10.2. The first-order chi connectivity index (χ1) is 6.57. The summed E-state index contributed by atoms with van der Waals surface area (Å²) >= 11 is 0. The molecule has 0 aliphatic heterocycles. The molecule has 0 radical (unpaired) electrons. The van der Waals surface area contributed by atoms with Gasteiger partial charge in [0.2, 0.25) is 5.91 Å². The highest BCUT2D eigenvalue weighted by molar-refractivity contribution is 6.00. The Kier molecular flexibility index (Phi) is 4.31. The van der Waals surface area contributed by atoms with Gasteiger partial charge >= 0.3 is 5.97 Å². The zero-order chi connectivity index (χ0) is 12.3. The summed E-state index contributed by atoms with van der Waals surface area (Å²) in [7, 11) is 0. The van der Waals surface area contributed by atoms with Gasteiger partial charge in [0.15, 0.2) is 0 Å². The quantitative estimate of drug-likeness (QED) is 0.701. The van der Waals surface area contributed by atoms with E-state index in [0.29, 0.717) is 6.54 Å². The average molecular weight is 215 g/mol. The van der Waals surface area contributed by atoms with Gasteiger partial charge < -0.3 is 10.4 Å². The van der Waals surface area contributed by atoms with Gasteiger partial charge in [0, 0.05) is 6.54 Å². The fraction of sp³-hybridized carbons (Fsp3) is 0.818. The third-order valence-electron chi connectivity index (χ3n) is 2.26. The standard InChI is InChI=1S/C11H21NO3/c1-10(2,3)6-7-12-8(13)11(4,5)9(14)15/h6-7H2,1-5H3,(H,12,13)(H,14,15). The SMILES string of the molecule is CC(C)(C)CCNC(=O)C(C)(C)C(=O)O. The summed E-state index contributed by atoms with van der Waals surface area (Å²) in [5.41, 5.74) is -1.21. The van der Waals surface area contributed by atoms with Crippen LogP contribution in [0.25, 0.3) is 0 Å². The molecule has 4 nitrogen and oxygen atoms in total. The van der Waals surface area contributed by atoms with Crippen molar-refractivity contribution in [1.29, 1.82) is 0 Å². The Balaban J connectivity index is 4.11. The molecule has 4 heteroatoms. The highest BCUT2D eigenvalue weighted by atomic mass is 16.4. The second kappa shape index (κ2) is 4.64. The summed E-state index contributed by atoms with van der Waals surface area (Å²) in [6.07, 6.45) is 0.828. The van der Waals surface area contributed by atoms with Crippen molar-refractivity contribution in [3.8, 4) is 0 Å². The van der Waals surface area contributed by atoms with E-state index in [2.05, 4.69) is 26.1 Å². The number of carbonyl (C=O) groups is 2. The first kappa shape index (κ1) is 13.9. The maximum absolute atomic E-state index is 11.5. The van der Waals surface area contributed by atoms with Crippen LogP contribution in [0, 0.1) is 10.8 Å². The van der Waals surface area contributed by atoms with Crippen LogP contribution in [0.1, 0.15) is 41.0 Å². The molecule has 0 saturated heterocycles. The largest absolute Gasteiger partial charge is 0.480 e. The number of carbonyl (C=O) groups excluding carboxylic acids is 1. The van der Waals surface area contributed by atoms with Crippen LogP contribution in [0.2, 0.25) is 0 Å². The van der Waals surface area contributed by atoms with Gasteiger partial charge in [-0.25, -0.2) is 0 Å². The van der Waals surface area contributed by atoms with Crippen LogP contribution in [0.4, 0.5) is 0 Å². The normalized spacial score (nSPS) is 12.3. The van der Waals surface area contributed by atoms with Crippen molar-refractivity contribution in [1.82, 2.24) is 5.32 Å². The number of aliphatic carboxylic acids is 1. The van der Waals surface area contributed by atoms with Crippen molar-refractivity contribution < 1.29 is 14.7 Å². The van der Waals surface area contributed by atoms with Gasteiger partial charge in [0.25, 0.3) is 0 Å². The molecule has 88 valence electrons. The fourth-order valence-corrected chi connectivity index (χ4v) is 0.869. The van der Waals surface area contributed by atoms with Crippen molar-refractivity contribution in [2.24, 2.45) is 10.8 Å². The number of carboxylic acids is 1. The number of hydrogen-bond donors (Lipinski definition) is 2. The Morgan fingerprint density at radius 3 is 1.93 bits per heavy atom. The molecule has 0 saturated carbocycles. The number of carboxylic acid groups (broad SMARTS) is 1. The Hall–Kier alpha value is -1.06. The van der Waals surface area contributed by atoms with Gasteiger partial charge in [-0.1, -0.05) is 20.8 Å². The molecule has 0 aromatic rings. The summed E-state index contributed by atoms with van der Waals surface area (Å²) in [6.45, 7) is 9.53. The van der Waals surface area contributed by atoms with Gasteiger partial charge in [0.1, 0.15) is 5.41 Å². The molecule has 0 heterocycles. The van der Waals surface area contributed by atoms with Crippen LogP contribution in [-0.4, -0.2) is 23.5 Å². The molecule has 0 fully saturated rings. The van der Waals surface area contributed by atoms with E-state index >= 15 is 0 Å². The van der Waals surface area contributed by atoms with Gasteiger partial charge in [-0.15, -0.1) is 0 Å². The molecule has 0 spiro atoms. The molecular formula is C11H21NO3. The molecule has 0 aliphatic carbocycles. The third-order valence-corrected chi connectivity index (χ3v) is 2.26. The molecule has 0 bridgehead atoms. The molecule has 0 aromatic heterocycles. The average Bonchev–Trinajstić information content (AvgIpc) is 2.01. The lowest BCUT2D eigenvalue weighted by Crippen LogP contribution is -2.43. The molecule has 0 rings (SSSR count). The molecule has 0 atom stereocenters. The molecule has 0 unspecified atom stereocenters. The fourth-order valence-electron chi connectivity index (χ4n) is 0.869. The molecule has 2 N–H and O–H groups in total. The predicted molar refractivity (Wildman–Crippen MR) is 58.5 cm³/mol. The first-order valence-electron chi connectivity index (χ1n) is 5.09. The molecule has 0 aromatic carbocycles. The van der Waals surface area contributed by atoms with Gasteiger partial charge in [-0.2, -0.15) is 0 Å². The summed E-state index contributed by atoms with van der Waals surface area (Å²) in [5, 5.41) is 11.5. The zero-order valence-electron chi connectivity index (χ0n) is 10.2. The van der Waals surface area contributed by atoms with E-state index in [4.69, 9.17) is 5.11 Å². The van der Waals surface area contributed by atoms with Crippen molar-refractivity contribution in [2.45, 2.75) is 41.0 Å². The van der Waals surface area contributed by atoms with Crippen LogP contribution >= 0.6 is 0 Å². The van der Waals surface area contributed by atoms with Crippen LogP contribution in [0.15, 0.2) is 0 Å². The minimum Gasteiger partial charge on any atom is -0.480 e. The van der Waals surface area contributed by atoms with Crippen LogP contribution in [0.3, 0.4) is 0 Å². The van der Waals surface area contributed by atoms with E-state index in [-0.39, 0.29) is 5.41 Å². The Bertz CT molecular complexity index is 251. The maximum atomic E-state index is 11.5. The number of nitrogens with one attached hydrogen (secondary N) is 1. The first-order valence-corrected chi connectivity index (χ1v) is 5.09. The summed E-state index contributed by atoms with van der Waals surface area (Å²) < 4.78 is 0. The Labute approximate surface area is 91.1 Å². The predicted octanol–water partition coefficient (Wildman–Crippen LogP) is 1.65.